The van der Waals surface area contributed by atoms with Gasteiger partial charge in [0.15, 0.2) is 5.96 Å². The summed E-state index contributed by atoms with van der Waals surface area (Å²) < 4.78 is 1.17. The van der Waals surface area contributed by atoms with Gasteiger partial charge in [-0.3, -0.25) is 9.79 Å². The van der Waals surface area contributed by atoms with Crippen molar-refractivity contribution in [3.63, 3.8) is 0 Å². The summed E-state index contributed by atoms with van der Waals surface area (Å²) >= 11 is 5.48. The van der Waals surface area contributed by atoms with E-state index in [0.29, 0.717) is 0 Å². The Morgan fingerprint density at radius 3 is 2.48 bits per heavy atom. The van der Waals surface area contributed by atoms with E-state index in [9.17, 15) is 4.79 Å². The number of unbranched alkanes of at least 4 members (excludes halogenated alkanes) is 1. The molecule has 1 aliphatic heterocycles. The third-order valence-corrected chi connectivity index (χ3v) is 6.38. The summed E-state index contributed by atoms with van der Waals surface area (Å²) in [5.74, 6) is 2.25. The molecule has 0 radical (unpaired) electrons. The van der Waals surface area contributed by atoms with Crippen molar-refractivity contribution >= 4 is 63.5 Å². The number of aliphatic imine (C=N–C) groups is 1. The molecule has 0 spiro atoms. The molecule has 0 aliphatic carbocycles. The average Bonchev–Trinajstić information content (AvgIpc) is 2.65. The van der Waals surface area contributed by atoms with Crippen LogP contribution in [0.5, 0.6) is 0 Å². The maximum Gasteiger partial charge on any atom is 0.219 e. The molecule has 1 heterocycles. The normalized spacial score (nSPS) is 14.7. The van der Waals surface area contributed by atoms with Crippen molar-refractivity contribution in [2.45, 2.75) is 31.6 Å². The molecular weight excluding hydrogens is 539 g/mol. The highest BCUT2D eigenvalue weighted by Gasteiger charge is 2.20. The zero-order valence-corrected chi connectivity index (χ0v) is 20.9. The maximum atomic E-state index is 11.5. The van der Waals surface area contributed by atoms with Crippen LogP contribution in [0, 0.1) is 0 Å². The lowest BCUT2D eigenvalue weighted by atomic mass is 10.3. The van der Waals surface area contributed by atoms with E-state index >= 15 is 0 Å². The number of hydrogen-bond donors (Lipinski definition) is 1. The molecule has 8 heteroatoms. The molecule has 2 rings (SSSR count). The minimum Gasteiger partial charge on any atom is -0.357 e. The molecule has 1 saturated heterocycles. The number of benzene rings is 1. The van der Waals surface area contributed by atoms with Crippen molar-refractivity contribution in [2.75, 3.05) is 45.0 Å². The number of nitrogens with zero attached hydrogens (tertiary/aromatic N) is 3. The molecule has 1 N–H and O–H groups in total. The number of halogens is 2. The van der Waals surface area contributed by atoms with Gasteiger partial charge in [0, 0.05) is 55.6 Å². The van der Waals surface area contributed by atoms with E-state index in [1.54, 1.807) is 6.92 Å². The predicted octanol–water partition coefficient (Wildman–Crippen LogP) is 4.07. The monoisotopic (exact) mass is 568 g/mol. The molecule has 1 aromatic rings. The summed E-state index contributed by atoms with van der Waals surface area (Å²) in [5.41, 5.74) is 0. The molecule has 0 unspecified atom stereocenters. The van der Waals surface area contributed by atoms with Crippen molar-refractivity contribution in [1.29, 1.82) is 0 Å². The molecule has 5 nitrogen and oxygen atoms in total. The Morgan fingerprint density at radius 2 is 1.85 bits per heavy atom. The SMILES string of the molecule is CCNC(=NCCCCSc1ccccc1Br)N1CCN(C(C)=O)CC1.I. The fourth-order valence-corrected chi connectivity index (χ4v) is 4.38. The van der Waals surface area contributed by atoms with Crippen LogP contribution in [0.25, 0.3) is 0 Å². The number of piperazine rings is 1. The topological polar surface area (TPSA) is 47.9 Å². The van der Waals surface area contributed by atoms with E-state index in [2.05, 4.69) is 51.3 Å². The number of nitrogens with one attached hydrogen (secondary N) is 1. The lowest BCUT2D eigenvalue weighted by Crippen LogP contribution is -2.53. The first-order valence-electron chi connectivity index (χ1n) is 9.28. The molecule has 0 atom stereocenters. The van der Waals surface area contributed by atoms with E-state index in [1.165, 1.54) is 9.37 Å². The highest BCUT2D eigenvalue weighted by atomic mass is 127. The van der Waals surface area contributed by atoms with Crippen LogP contribution in [0.4, 0.5) is 0 Å². The smallest absolute Gasteiger partial charge is 0.219 e. The average molecular weight is 569 g/mol. The predicted molar refractivity (Wildman–Crippen MR) is 129 cm³/mol. The Morgan fingerprint density at radius 1 is 1.19 bits per heavy atom. The summed E-state index contributed by atoms with van der Waals surface area (Å²) in [7, 11) is 0. The van der Waals surface area contributed by atoms with Crippen LogP contribution in [0.3, 0.4) is 0 Å². The molecule has 1 aliphatic rings. The van der Waals surface area contributed by atoms with Crippen LogP contribution in [-0.2, 0) is 4.79 Å². The molecular formula is C19H30BrIN4OS. The van der Waals surface area contributed by atoms with Crippen molar-refractivity contribution in [3.8, 4) is 0 Å². The second kappa shape index (κ2) is 13.7. The van der Waals surface area contributed by atoms with Gasteiger partial charge < -0.3 is 15.1 Å². The van der Waals surface area contributed by atoms with E-state index in [0.717, 1.165) is 63.8 Å². The summed E-state index contributed by atoms with van der Waals surface area (Å²) in [5, 5.41) is 3.38. The fraction of sp³-hybridized carbons (Fsp3) is 0.579. The van der Waals surface area contributed by atoms with Gasteiger partial charge >= 0.3 is 0 Å². The number of carbonyl (C=O) groups is 1. The minimum atomic E-state index is 0. The maximum absolute atomic E-state index is 11.5. The quantitative estimate of drug-likeness (QED) is 0.177. The first kappa shape index (κ1) is 24.6. The van der Waals surface area contributed by atoms with Gasteiger partial charge in [-0.15, -0.1) is 35.7 Å². The lowest BCUT2D eigenvalue weighted by Gasteiger charge is -2.36. The largest absolute Gasteiger partial charge is 0.357 e. The number of thioether (sulfide) groups is 1. The number of hydrogen-bond acceptors (Lipinski definition) is 3. The molecule has 0 bridgehead atoms. The van der Waals surface area contributed by atoms with Gasteiger partial charge in [0.25, 0.3) is 0 Å². The first-order chi connectivity index (χ1) is 12.6. The van der Waals surface area contributed by atoms with Gasteiger partial charge in [0.2, 0.25) is 5.91 Å². The van der Waals surface area contributed by atoms with Gasteiger partial charge in [-0.05, 0) is 53.6 Å². The highest BCUT2D eigenvalue weighted by molar-refractivity contribution is 14.0. The summed E-state index contributed by atoms with van der Waals surface area (Å²) in [6, 6.07) is 8.35. The van der Waals surface area contributed by atoms with Gasteiger partial charge in [-0.1, -0.05) is 12.1 Å². The standard InChI is InChI=1S/C19H29BrN4OS.HI/c1-3-21-19(24-13-11-23(12-14-24)16(2)25)22-10-6-7-15-26-18-9-5-4-8-17(18)20;/h4-5,8-9H,3,6-7,10-15H2,1-2H3,(H,21,22);1H. The summed E-state index contributed by atoms with van der Waals surface area (Å²) in [6.07, 6.45) is 2.23. The Labute approximate surface area is 192 Å². The van der Waals surface area contributed by atoms with Gasteiger partial charge in [0.1, 0.15) is 0 Å². The highest BCUT2D eigenvalue weighted by Crippen LogP contribution is 2.27. The van der Waals surface area contributed by atoms with Gasteiger partial charge in [-0.2, -0.15) is 0 Å². The Bertz CT molecular complexity index is 609. The Balaban J connectivity index is 0.00000364. The Hall–Kier alpha value is -0.480. The molecule has 1 fully saturated rings. The van der Waals surface area contributed by atoms with Crippen molar-refractivity contribution in [3.05, 3.63) is 28.7 Å². The Kier molecular flexibility index (Phi) is 12.4. The first-order valence-corrected chi connectivity index (χ1v) is 11.1. The number of carbonyl (C=O) groups excluding carboxylic acids is 1. The molecule has 1 amide bonds. The van der Waals surface area contributed by atoms with Crippen LogP contribution >= 0.6 is 51.7 Å². The van der Waals surface area contributed by atoms with E-state index in [-0.39, 0.29) is 29.9 Å². The summed E-state index contributed by atoms with van der Waals surface area (Å²) in [6.45, 7) is 8.70. The van der Waals surface area contributed by atoms with Crippen LogP contribution in [0.15, 0.2) is 38.6 Å². The summed E-state index contributed by atoms with van der Waals surface area (Å²) in [4.78, 5) is 21.7. The molecule has 27 heavy (non-hydrogen) atoms. The third kappa shape index (κ3) is 8.60. The van der Waals surface area contributed by atoms with Gasteiger partial charge in [0.05, 0.1) is 0 Å². The molecule has 0 saturated carbocycles. The zero-order chi connectivity index (χ0) is 18.8. The molecule has 0 aromatic heterocycles. The van der Waals surface area contributed by atoms with Crippen molar-refractivity contribution < 1.29 is 4.79 Å². The van der Waals surface area contributed by atoms with Crippen LogP contribution in [0.1, 0.15) is 26.7 Å². The number of rotatable bonds is 7. The number of amides is 1. The van der Waals surface area contributed by atoms with Crippen LogP contribution in [0.2, 0.25) is 0 Å². The van der Waals surface area contributed by atoms with Crippen molar-refractivity contribution in [1.82, 2.24) is 15.1 Å². The molecule has 152 valence electrons. The second-order valence-electron chi connectivity index (χ2n) is 6.21. The van der Waals surface area contributed by atoms with Crippen LogP contribution < -0.4 is 5.32 Å². The zero-order valence-electron chi connectivity index (χ0n) is 16.1. The lowest BCUT2D eigenvalue weighted by molar-refractivity contribution is -0.130. The van der Waals surface area contributed by atoms with Crippen molar-refractivity contribution in [2.24, 2.45) is 4.99 Å². The van der Waals surface area contributed by atoms with Crippen LogP contribution in [-0.4, -0.2) is 66.7 Å². The van der Waals surface area contributed by atoms with E-state index in [1.807, 2.05) is 22.7 Å². The van der Waals surface area contributed by atoms with E-state index < -0.39 is 0 Å². The minimum absolute atomic E-state index is 0. The van der Waals surface area contributed by atoms with E-state index in [4.69, 9.17) is 4.99 Å². The van der Waals surface area contributed by atoms with Gasteiger partial charge in [-0.25, -0.2) is 0 Å². The molecule has 1 aromatic carbocycles. The second-order valence-corrected chi connectivity index (χ2v) is 8.21. The number of guanidine groups is 1. The fourth-order valence-electron chi connectivity index (χ4n) is 2.80. The third-order valence-electron chi connectivity index (χ3n) is 4.27.